The highest BCUT2D eigenvalue weighted by Gasteiger charge is 2.12. The van der Waals surface area contributed by atoms with Crippen molar-refractivity contribution in [3.63, 3.8) is 0 Å². The van der Waals surface area contributed by atoms with Crippen LogP contribution in [0.3, 0.4) is 0 Å². The smallest absolute Gasteiger partial charge is 0.125 e. The predicted octanol–water partition coefficient (Wildman–Crippen LogP) is 1.91. The van der Waals surface area contributed by atoms with Gasteiger partial charge in [0.1, 0.15) is 11.5 Å². The van der Waals surface area contributed by atoms with E-state index in [9.17, 15) is 5.11 Å². The maximum atomic E-state index is 9.82. The summed E-state index contributed by atoms with van der Waals surface area (Å²) in [6.45, 7) is 4.53. The number of hydrogen-bond acceptors (Lipinski definition) is 3. The summed E-state index contributed by atoms with van der Waals surface area (Å²) in [5.74, 6) is 1.21. The molecule has 84 valence electrons. The molecule has 3 heteroatoms. The van der Waals surface area contributed by atoms with Gasteiger partial charge < -0.3 is 15.6 Å². The average Bonchev–Trinajstić information content (AvgIpc) is 2.17. The monoisotopic (exact) mass is 209 g/mol. The third kappa shape index (κ3) is 2.42. The third-order valence-corrected chi connectivity index (χ3v) is 2.65. The molecule has 0 saturated carbocycles. The molecule has 1 aromatic rings. The summed E-state index contributed by atoms with van der Waals surface area (Å²) >= 11 is 0. The Hall–Kier alpha value is -1.22. The Morgan fingerprint density at radius 2 is 2.07 bits per heavy atom. The van der Waals surface area contributed by atoms with Crippen LogP contribution < -0.4 is 10.5 Å². The van der Waals surface area contributed by atoms with Crippen molar-refractivity contribution in [1.82, 2.24) is 0 Å². The van der Waals surface area contributed by atoms with Crippen LogP contribution in [0.5, 0.6) is 11.5 Å². The van der Waals surface area contributed by atoms with Gasteiger partial charge in [-0.05, 0) is 50.4 Å². The van der Waals surface area contributed by atoms with Gasteiger partial charge in [-0.3, -0.25) is 0 Å². The Kier molecular flexibility index (Phi) is 3.97. The average molecular weight is 209 g/mol. The minimum Gasteiger partial charge on any atom is -0.508 e. The molecule has 3 N–H and O–H groups in total. The quantitative estimate of drug-likeness (QED) is 0.796. The van der Waals surface area contributed by atoms with E-state index in [2.05, 4.69) is 0 Å². The summed E-state index contributed by atoms with van der Waals surface area (Å²) in [5.41, 5.74) is 8.39. The van der Waals surface area contributed by atoms with Crippen LogP contribution in [0.1, 0.15) is 23.1 Å². The summed E-state index contributed by atoms with van der Waals surface area (Å²) in [4.78, 5) is 0. The molecule has 0 aliphatic heterocycles. The fraction of sp³-hybridized carbons (Fsp3) is 0.500. The first-order valence-electron chi connectivity index (χ1n) is 5.18. The van der Waals surface area contributed by atoms with Gasteiger partial charge in [-0.1, -0.05) is 0 Å². The number of hydrogen-bond donors (Lipinski definition) is 2. The van der Waals surface area contributed by atoms with Crippen molar-refractivity contribution in [2.24, 2.45) is 5.73 Å². The van der Waals surface area contributed by atoms with Crippen molar-refractivity contribution < 1.29 is 9.84 Å². The lowest BCUT2D eigenvalue weighted by molar-refractivity contribution is 0.403. The van der Waals surface area contributed by atoms with Crippen LogP contribution in [0, 0.1) is 13.8 Å². The zero-order valence-corrected chi connectivity index (χ0v) is 9.63. The van der Waals surface area contributed by atoms with E-state index < -0.39 is 0 Å². The summed E-state index contributed by atoms with van der Waals surface area (Å²) in [6, 6.07) is 1.75. The molecular formula is C12H19NO2. The maximum absolute atomic E-state index is 9.82. The van der Waals surface area contributed by atoms with E-state index in [4.69, 9.17) is 10.5 Å². The van der Waals surface area contributed by atoms with Crippen molar-refractivity contribution in [2.75, 3.05) is 13.7 Å². The van der Waals surface area contributed by atoms with Gasteiger partial charge in [0.15, 0.2) is 0 Å². The van der Waals surface area contributed by atoms with Crippen LogP contribution in [-0.2, 0) is 6.42 Å². The molecule has 0 spiro atoms. The minimum atomic E-state index is 0.347. The Balaban J connectivity index is 3.14. The predicted molar refractivity (Wildman–Crippen MR) is 61.5 cm³/mol. The molecule has 1 rings (SSSR count). The van der Waals surface area contributed by atoms with E-state index in [-0.39, 0.29) is 0 Å². The van der Waals surface area contributed by atoms with Crippen LogP contribution in [0.25, 0.3) is 0 Å². The topological polar surface area (TPSA) is 55.5 Å². The lowest BCUT2D eigenvalue weighted by Gasteiger charge is -2.14. The fourth-order valence-corrected chi connectivity index (χ4v) is 1.89. The van der Waals surface area contributed by atoms with Gasteiger partial charge in [0, 0.05) is 5.56 Å². The molecule has 3 nitrogen and oxygen atoms in total. The molecule has 15 heavy (non-hydrogen) atoms. The van der Waals surface area contributed by atoms with Crippen LogP contribution in [0.15, 0.2) is 6.07 Å². The number of aromatic hydroxyl groups is 1. The number of ether oxygens (including phenoxy) is 1. The summed E-state index contributed by atoms with van der Waals surface area (Å²) in [7, 11) is 1.65. The van der Waals surface area contributed by atoms with Crippen LogP contribution >= 0.6 is 0 Å². The molecule has 0 aromatic heterocycles. The molecule has 1 aromatic carbocycles. The molecule has 0 unspecified atom stereocenters. The zero-order chi connectivity index (χ0) is 11.4. The number of methoxy groups -OCH3 is 1. The number of rotatable bonds is 4. The van der Waals surface area contributed by atoms with Crippen LogP contribution in [0.2, 0.25) is 0 Å². The lowest BCUT2D eigenvalue weighted by atomic mass is 9.99. The number of aryl methyl sites for hydroxylation is 1. The van der Waals surface area contributed by atoms with Crippen molar-refractivity contribution in [1.29, 1.82) is 0 Å². The first kappa shape index (κ1) is 11.9. The molecule has 0 radical (unpaired) electrons. The summed E-state index contributed by atoms with van der Waals surface area (Å²) < 4.78 is 5.31. The molecular weight excluding hydrogens is 190 g/mol. The largest absolute Gasteiger partial charge is 0.508 e. The Labute approximate surface area is 90.9 Å². The zero-order valence-electron chi connectivity index (χ0n) is 9.63. The SMILES string of the molecule is COc1c(C)cc(O)c(CCCN)c1C. The molecule has 0 amide bonds. The fourth-order valence-electron chi connectivity index (χ4n) is 1.89. The van der Waals surface area contributed by atoms with Crippen LogP contribution in [-0.4, -0.2) is 18.8 Å². The van der Waals surface area contributed by atoms with Crippen molar-refractivity contribution in [3.8, 4) is 11.5 Å². The summed E-state index contributed by atoms with van der Waals surface area (Å²) in [5, 5.41) is 9.82. The van der Waals surface area contributed by atoms with E-state index in [1.54, 1.807) is 13.2 Å². The number of phenols is 1. The van der Waals surface area contributed by atoms with Gasteiger partial charge in [0.05, 0.1) is 7.11 Å². The molecule has 0 heterocycles. The van der Waals surface area contributed by atoms with Gasteiger partial charge >= 0.3 is 0 Å². The molecule has 0 atom stereocenters. The molecule has 0 aliphatic rings. The highest BCUT2D eigenvalue weighted by Crippen LogP contribution is 2.33. The van der Waals surface area contributed by atoms with E-state index in [0.717, 1.165) is 35.3 Å². The summed E-state index contributed by atoms with van der Waals surface area (Å²) in [6.07, 6.45) is 1.67. The van der Waals surface area contributed by atoms with E-state index in [0.29, 0.717) is 12.3 Å². The van der Waals surface area contributed by atoms with Gasteiger partial charge in [-0.25, -0.2) is 0 Å². The van der Waals surface area contributed by atoms with Gasteiger partial charge in [-0.2, -0.15) is 0 Å². The number of nitrogens with two attached hydrogens (primary N) is 1. The number of phenolic OH excluding ortho intramolecular Hbond substituents is 1. The lowest BCUT2D eigenvalue weighted by Crippen LogP contribution is -2.03. The Morgan fingerprint density at radius 1 is 1.40 bits per heavy atom. The highest BCUT2D eigenvalue weighted by atomic mass is 16.5. The van der Waals surface area contributed by atoms with Crippen molar-refractivity contribution >= 4 is 0 Å². The molecule has 0 saturated heterocycles. The maximum Gasteiger partial charge on any atom is 0.125 e. The van der Waals surface area contributed by atoms with Crippen molar-refractivity contribution in [2.45, 2.75) is 26.7 Å². The van der Waals surface area contributed by atoms with Gasteiger partial charge in [0.2, 0.25) is 0 Å². The van der Waals surface area contributed by atoms with E-state index in [1.807, 2.05) is 13.8 Å². The standard InChI is InChI=1S/C12H19NO2/c1-8-7-11(14)10(5-4-6-13)9(2)12(8)15-3/h7,14H,4-6,13H2,1-3H3. The first-order valence-corrected chi connectivity index (χ1v) is 5.18. The first-order chi connectivity index (χ1) is 7.11. The van der Waals surface area contributed by atoms with Gasteiger partial charge in [0.25, 0.3) is 0 Å². The third-order valence-electron chi connectivity index (χ3n) is 2.65. The Bertz CT molecular complexity index is 348. The second-order valence-electron chi connectivity index (χ2n) is 3.74. The molecule has 0 bridgehead atoms. The van der Waals surface area contributed by atoms with Crippen LogP contribution in [0.4, 0.5) is 0 Å². The normalized spacial score (nSPS) is 10.4. The molecule has 0 fully saturated rings. The number of benzene rings is 1. The molecule has 0 aliphatic carbocycles. The van der Waals surface area contributed by atoms with Gasteiger partial charge in [-0.15, -0.1) is 0 Å². The minimum absolute atomic E-state index is 0.347. The van der Waals surface area contributed by atoms with Crippen molar-refractivity contribution in [3.05, 3.63) is 22.8 Å². The second kappa shape index (κ2) is 5.03. The Morgan fingerprint density at radius 3 is 2.60 bits per heavy atom. The van der Waals surface area contributed by atoms with E-state index >= 15 is 0 Å². The second-order valence-corrected chi connectivity index (χ2v) is 3.74. The highest BCUT2D eigenvalue weighted by molar-refractivity contribution is 5.52. The van der Waals surface area contributed by atoms with E-state index in [1.165, 1.54) is 0 Å².